The molecule has 0 radical (unpaired) electrons. The number of aryl methyl sites for hydroxylation is 1. The van der Waals surface area contributed by atoms with Crippen molar-refractivity contribution in [1.82, 2.24) is 20.2 Å². The van der Waals surface area contributed by atoms with E-state index in [9.17, 15) is 8.42 Å². The lowest BCUT2D eigenvalue weighted by atomic mass is 10.5. The molecule has 2 heterocycles. The summed E-state index contributed by atoms with van der Waals surface area (Å²) in [6.45, 7) is 0.601. The second-order valence-corrected chi connectivity index (χ2v) is 6.38. The van der Waals surface area contributed by atoms with E-state index < -0.39 is 10.2 Å². The molecule has 2 N–H and O–H groups in total. The Bertz CT molecular complexity index is 634. The second kappa shape index (κ2) is 6.27. The summed E-state index contributed by atoms with van der Waals surface area (Å²) in [4.78, 5) is 4.22. The van der Waals surface area contributed by atoms with Gasteiger partial charge in [-0.1, -0.05) is 0 Å². The van der Waals surface area contributed by atoms with Crippen LogP contribution in [0.3, 0.4) is 0 Å². The quantitative estimate of drug-likeness (QED) is 0.712. The molecule has 8 nitrogen and oxygen atoms in total. The minimum Gasteiger partial charge on any atom is -0.369 e. The number of hydrogen-bond acceptors (Lipinski definition) is 6. The summed E-state index contributed by atoms with van der Waals surface area (Å²) in [6, 6.07) is 0. The molecule has 0 unspecified atom stereocenters. The first kappa shape index (κ1) is 14.9. The van der Waals surface area contributed by atoms with Crippen LogP contribution in [-0.4, -0.2) is 49.0 Å². The summed E-state index contributed by atoms with van der Waals surface area (Å²) < 4.78 is 31.4. The Morgan fingerprint density at radius 3 is 2.75 bits per heavy atom. The fraction of sp³-hybridized carbons (Fsp3) is 0.500. The van der Waals surface area contributed by atoms with Gasteiger partial charge in [0.05, 0.1) is 5.75 Å². The number of amidine groups is 2. The number of aromatic nitrogens is 2. The largest absolute Gasteiger partial charge is 0.369 e. The fourth-order valence-corrected chi connectivity index (χ4v) is 3.24. The van der Waals surface area contributed by atoms with Crippen molar-refractivity contribution in [2.75, 3.05) is 19.3 Å². The van der Waals surface area contributed by atoms with Crippen molar-refractivity contribution in [2.45, 2.75) is 5.75 Å². The number of likely N-dealkylation sites (N-methyl/N-ethyl adjacent to an activating group) is 1. The minimum absolute atomic E-state index is 0.249. The van der Waals surface area contributed by atoms with Crippen LogP contribution in [0.15, 0.2) is 21.2 Å². The number of nitrogens with zero attached hydrogens (tertiary/aromatic N) is 4. The number of nitrogens with one attached hydrogen (secondary N) is 2. The molecule has 0 aliphatic carbocycles. The van der Waals surface area contributed by atoms with Gasteiger partial charge in [0.15, 0.2) is 11.7 Å². The topological polar surface area (TPSA) is 101 Å². The van der Waals surface area contributed by atoms with Crippen LogP contribution in [-0.2, 0) is 23.0 Å². The highest BCUT2D eigenvalue weighted by molar-refractivity contribution is 7.98. The van der Waals surface area contributed by atoms with Crippen LogP contribution >= 0.6 is 11.8 Å². The summed E-state index contributed by atoms with van der Waals surface area (Å²) in [5.41, 5.74) is 0. The third-order valence-corrected chi connectivity index (χ3v) is 4.35. The molecule has 0 atom stereocenters. The minimum atomic E-state index is -3.71. The SMILES string of the molecule is CNC1=NS(=O)(=O)N=C1NCCSCc1nccn1C. The molecule has 0 bridgehead atoms. The summed E-state index contributed by atoms with van der Waals surface area (Å²) in [5.74, 6) is 3.14. The summed E-state index contributed by atoms with van der Waals surface area (Å²) >= 11 is 1.71. The highest BCUT2D eigenvalue weighted by atomic mass is 32.2. The molecule has 1 aromatic rings. The first-order valence-corrected chi connectivity index (χ1v) is 8.48. The molecule has 0 saturated heterocycles. The van der Waals surface area contributed by atoms with Crippen molar-refractivity contribution < 1.29 is 8.42 Å². The monoisotopic (exact) mass is 316 g/mol. The van der Waals surface area contributed by atoms with E-state index in [1.807, 2.05) is 17.8 Å². The fourth-order valence-electron chi connectivity index (χ4n) is 1.56. The van der Waals surface area contributed by atoms with Crippen LogP contribution in [0, 0.1) is 0 Å². The zero-order valence-corrected chi connectivity index (χ0v) is 12.8. The maximum Gasteiger partial charge on any atom is 0.367 e. The molecular weight excluding hydrogens is 300 g/mol. The molecule has 10 heteroatoms. The van der Waals surface area contributed by atoms with E-state index in [1.165, 1.54) is 0 Å². The van der Waals surface area contributed by atoms with Gasteiger partial charge in [0.25, 0.3) is 0 Å². The van der Waals surface area contributed by atoms with E-state index in [2.05, 4.69) is 24.4 Å². The zero-order valence-electron chi connectivity index (χ0n) is 11.2. The van der Waals surface area contributed by atoms with E-state index in [1.54, 1.807) is 25.0 Å². The van der Waals surface area contributed by atoms with Crippen LogP contribution in [0.5, 0.6) is 0 Å². The zero-order chi connectivity index (χ0) is 14.6. The van der Waals surface area contributed by atoms with Gasteiger partial charge in [-0.25, -0.2) is 4.98 Å². The summed E-state index contributed by atoms with van der Waals surface area (Å²) in [6.07, 6.45) is 3.67. The third-order valence-electron chi connectivity index (χ3n) is 2.57. The van der Waals surface area contributed by atoms with Crippen LogP contribution in [0.1, 0.15) is 5.82 Å². The van der Waals surface area contributed by atoms with Crippen molar-refractivity contribution in [2.24, 2.45) is 15.8 Å². The van der Waals surface area contributed by atoms with Gasteiger partial charge in [0.1, 0.15) is 5.82 Å². The molecule has 20 heavy (non-hydrogen) atoms. The first-order chi connectivity index (χ1) is 9.52. The maximum atomic E-state index is 11.2. The van der Waals surface area contributed by atoms with Gasteiger partial charge >= 0.3 is 10.2 Å². The standard InChI is InChI=1S/C10H16N6O2S2/c1-11-9-10(15-20(17,18)14-9)13-4-6-19-7-8-12-3-5-16(8)2/h3,5H,4,6-7H2,1-2H3,(H,11,14)(H,13,15). The molecule has 110 valence electrons. The van der Waals surface area contributed by atoms with E-state index in [0.717, 1.165) is 17.3 Å². The van der Waals surface area contributed by atoms with Crippen LogP contribution in [0.4, 0.5) is 0 Å². The molecule has 1 aliphatic rings. The van der Waals surface area contributed by atoms with E-state index in [-0.39, 0.29) is 11.7 Å². The van der Waals surface area contributed by atoms with Gasteiger partial charge < -0.3 is 15.2 Å². The summed E-state index contributed by atoms with van der Waals surface area (Å²) in [5, 5.41) is 5.66. The Kier molecular flexibility index (Phi) is 4.65. The highest BCUT2D eigenvalue weighted by Crippen LogP contribution is 2.09. The smallest absolute Gasteiger partial charge is 0.367 e. The van der Waals surface area contributed by atoms with Gasteiger partial charge in [0.2, 0.25) is 0 Å². The Balaban J connectivity index is 1.74. The Labute approximate surface area is 122 Å². The van der Waals surface area contributed by atoms with Crippen LogP contribution in [0.25, 0.3) is 0 Å². The number of thioether (sulfide) groups is 1. The van der Waals surface area contributed by atoms with Crippen LogP contribution < -0.4 is 10.6 Å². The average molecular weight is 316 g/mol. The molecular formula is C10H16N6O2S2. The average Bonchev–Trinajstić information content (AvgIpc) is 2.92. The van der Waals surface area contributed by atoms with Crippen LogP contribution in [0.2, 0.25) is 0 Å². The van der Waals surface area contributed by atoms with Gasteiger partial charge in [-0.05, 0) is 0 Å². The summed E-state index contributed by atoms with van der Waals surface area (Å²) in [7, 11) is -0.153. The van der Waals surface area contributed by atoms with E-state index >= 15 is 0 Å². The first-order valence-electron chi connectivity index (χ1n) is 5.92. The third kappa shape index (κ3) is 3.73. The van der Waals surface area contributed by atoms with Crippen molar-refractivity contribution in [3.8, 4) is 0 Å². The van der Waals surface area contributed by atoms with E-state index in [0.29, 0.717) is 6.54 Å². The Morgan fingerprint density at radius 2 is 2.10 bits per heavy atom. The maximum absolute atomic E-state index is 11.2. The molecule has 0 aromatic carbocycles. The molecule has 0 amide bonds. The van der Waals surface area contributed by atoms with Gasteiger partial charge in [0, 0.05) is 38.8 Å². The predicted octanol–water partition coefficient (Wildman–Crippen LogP) is -0.482. The number of imidazole rings is 1. The molecule has 1 aliphatic heterocycles. The van der Waals surface area contributed by atoms with Gasteiger partial charge in [-0.2, -0.15) is 20.2 Å². The Hall–Kier alpha value is -1.55. The van der Waals surface area contributed by atoms with Crippen molar-refractivity contribution in [3.63, 3.8) is 0 Å². The number of hydrogen-bond donors (Lipinski definition) is 2. The lowest BCUT2D eigenvalue weighted by molar-refractivity contribution is 0.600. The van der Waals surface area contributed by atoms with Gasteiger partial charge in [-0.15, -0.1) is 8.80 Å². The van der Waals surface area contributed by atoms with Crippen molar-refractivity contribution >= 4 is 33.6 Å². The van der Waals surface area contributed by atoms with Crippen molar-refractivity contribution in [1.29, 1.82) is 0 Å². The lowest BCUT2D eigenvalue weighted by Gasteiger charge is -2.06. The molecule has 1 aromatic heterocycles. The van der Waals surface area contributed by atoms with E-state index in [4.69, 9.17) is 0 Å². The normalized spacial score (nSPS) is 16.7. The lowest BCUT2D eigenvalue weighted by Crippen LogP contribution is -2.37. The molecule has 2 rings (SSSR count). The van der Waals surface area contributed by atoms with Crippen molar-refractivity contribution in [3.05, 3.63) is 18.2 Å². The molecule has 0 saturated carbocycles. The second-order valence-electron chi connectivity index (χ2n) is 4.01. The number of rotatable bonds is 5. The highest BCUT2D eigenvalue weighted by Gasteiger charge is 2.22. The predicted molar refractivity (Wildman–Crippen MR) is 80.2 cm³/mol. The Morgan fingerprint density at radius 1 is 1.35 bits per heavy atom. The molecule has 0 fully saturated rings. The van der Waals surface area contributed by atoms with Gasteiger partial charge in [-0.3, -0.25) is 0 Å². The molecule has 0 spiro atoms.